The van der Waals surface area contributed by atoms with Gasteiger partial charge in [-0.05, 0) is 25.3 Å². The Bertz CT molecular complexity index is 801. The number of aliphatic hydroxyl groups is 1. The van der Waals surface area contributed by atoms with E-state index < -0.39 is 6.10 Å². The van der Waals surface area contributed by atoms with Gasteiger partial charge in [-0.2, -0.15) is 0 Å². The molecule has 0 spiro atoms. The van der Waals surface area contributed by atoms with Crippen LogP contribution in [0.1, 0.15) is 47.4 Å². The van der Waals surface area contributed by atoms with Crippen LogP contribution in [0.15, 0.2) is 35.8 Å². The van der Waals surface area contributed by atoms with Gasteiger partial charge in [-0.25, -0.2) is 4.98 Å². The monoisotopic (exact) mass is 327 g/mol. The number of aromatic nitrogens is 2. The van der Waals surface area contributed by atoms with E-state index in [0.717, 1.165) is 17.1 Å². The molecule has 1 aromatic carbocycles. The molecule has 0 saturated heterocycles. The van der Waals surface area contributed by atoms with Crippen LogP contribution in [0.4, 0.5) is 0 Å². The molecule has 1 aliphatic carbocycles. The van der Waals surface area contributed by atoms with Crippen molar-refractivity contribution in [1.29, 1.82) is 0 Å². The van der Waals surface area contributed by atoms with Gasteiger partial charge < -0.3 is 10.4 Å². The maximum absolute atomic E-state index is 10.3. The number of nitrogens with one attached hydrogen (secondary N) is 1. The number of aliphatic hydroxyl groups excluding tert-OH is 1. The topological polar surface area (TPSA) is 49.6 Å². The molecule has 1 atom stereocenters. The van der Waals surface area contributed by atoms with E-state index in [1.54, 1.807) is 11.3 Å². The van der Waals surface area contributed by atoms with E-state index in [2.05, 4.69) is 28.2 Å². The molecule has 5 heteroatoms. The third-order valence-corrected chi connectivity index (χ3v) is 5.20. The zero-order valence-corrected chi connectivity index (χ0v) is 14.0. The zero-order valence-electron chi connectivity index (χ0n) is 13.2. The fourth-order valence-corrected chi connectivity index (χ4v) is 3.68. The van der Waals surface area contributed by atoms with Crippen molar-refractivity contribution in [3.8, 4) is 0 Å². The van der Waals surface area contributed by atoms with Crippen LogP contribution in [0.25, 0.3) is 4.96 Å². The summed E-state index contributed by atoms with van der Waals surface area (Å²) >= 11 is 1.68. The van der Waals surface area contributed by atoms with Crippen LogP contribution in [-0.2, 0) is 6.54 Å². The minimum Gasteiger partial charge on any atom is -0.387 e. The Morgan fingerprint density at radius 2 is 2.13 bits per heavy atom. The maximum atomic E-state index is 10.3. The molecule has 3 aromatic rings. The van der Waals surface area contributed by atoms with Crippen LogP contribution in [0.3, 0.4) is 0 Å². The number of imidazole rings is 1. The highest BCUT2D eigenvalue weighted by Crippen LogP contribution is 2.41. The van der Waals surface area contributed by atoms with Crippen molar-refractivity contribution in [3.63, 3.8) is 0 Å². The Labute approximate surface area is 139 Å². The molecule has 1 fully saturated rings. The van der Waals surface area contributed by atoms with Crippen molar-refractivity contribution in [1.82, 2.24) is 14.7 Å². The van der Waals surface area contributed by atoms with Crippen LogP contribution in [0.5, 0.6) is 0 Å². The first-order valence-corrected chi connectivity index (χ1v) is 9.00. The highest BCUT2D eigenvalue weighted by atomic mass is 32.1. The summed E-state index contributed by atoms with van der Waals surface area (Å²) in [6, 6.07) is 8.06. The number of fused-ring (bicyclic) bond motifs is 1. The molecule has 2 heterocycles. The molecular weight excluding hydrogens is 306 g/mol. The molecule has 0 bridgehead atoms. The van der Waals surface area contributed by atoms with Crippen molar-refractivity contribution < 1.29 is 5.11 Å². The van der Waals surface area contributed by atoms with Gasteiger partial charge in [0.1, 0.15) is 0 Å². The summed E-state index contributed by atoms with van der Waals surface area (Å²) in [7, 11) is 0. The van der Waals surface area contributed by atoms with Crippen LogP contribution < -0.4 is 5.32 Å². The average Bonchev–Trinajstić information content (AvgIpc) is 3.19. The lowest BCUT2D eigenvalue weighted by atomic mass is 10.1. The van der Waals surface area contributed by atoms with Crippen LogP contribution in [-0.4, -0.2) is 21.0 Å². The van der Waals surface area contributed by atoms with E-state index in [1.165, 1.54) is 29.8 Å². The number of aryl methyl sites for hydroxylation is 1. The van der Waals surface area contributed by atoms with Gasteiger partial charge >= 0.3 is 0 Å². The van der Waals surface area contributed by atoms with Gasteiger partial charge in [-0.3, -0.25) is 4.40 Å². The summed E-state index contributed by atoms with van der Waals surface area (Å²) in [5.74, 6) is 0.640. The molecule has 1 aliphatic rings. The Hall–Kier alpha value is -1.69. The summed E-state index contributed by atoms with van der Waals surface area (Å²) in [5, 5.41) is 15.8. The highest BCUT2D eigenvalue weighted by Gasteiger charge is 2.30. The molecule has 0 radical (unpaired) electrons. The molecule has 0 aliphatic heterocycles. The number of nitrogens with zero attached hydrogens (tertiary/aromatic N) is 2. The highest BCUT2D eigenvalue weighted by molar-refractivity contribution is 7.15. The molecule has 23 heavy (non-hydrogen) atoms. The normalized spacial score (nSPS) is 16.1. The van der Waals surface area contributed by atoms with Crippen molar-refractivity contribution in [2.24, 2.45) is 0 Å². The number of rotatable bonds is 6. The Morgan fingerprint density at radius 3 is 2.87 bits per heavy atom. The quantitative estimate of drug-likeness (QED) is 0.729. The first kappa shape index (κ1) is 14.9. The SMILES string of the molecule is Cc1ccc(C(O)CNCc2c(C3CC3)nc3sccn23)cc1. The van der Waals surface area contributed by atoms with Gasteiger partial charge in [0, 0.05) is 30.6 Å². The van der Waals surface area contributed by atoms with E-state index in [-0.39, 0.29) is 0 Å². The summed E-state index contributed by atoms with van der Waals surface area (Å²) in [6.45, 7) is 3.34. The maximum Gasteiger partial charge on any atom is 0.194 e. The fraction of sp³-hybridized carbons (Fsp3) is 0.389. The van der Waals surface area contributed by atoms with Crippen molar-refractivity contribution in [2.45, 2.75) is 38.3 Å². The van der Waals surface area contributed by atoms with E-state index in [9.17, 15) is 5.11 Å². The fourth-order valence-electron chi connectivity index (χ4n) is 2.94. The van der Waals surface area contributed by atoms with Gasteiger partial charge in [-0.1, -0.05) is 29.8 Å². The largest absolute Gasteiger partial charge is 0.387 e. The first-order valence-electron chi connectivity index (χ1n) is 8.12. The molecule has 2 N–H and O–H groups in total. The molecule has 120 valence electrons. The number of thiazole rings is 1. The molecule has 1 unspecified atom stereocenters. The van der Waals surface area contributed by atoms with Gasteiger partial charge in [0.15, 0.2) is 4.96 Å². The van der Waals surface area contributed by atoms with Crippen molar-refractivity contribution >= 4 is 16.3 Å². The summed E-state index contributed by atoms with van der Waals surface area (Å²) in [6.07, 6.45) is 4.12. The zero-order chi connectivity index (χ0) is 15.8. The van der Waals surface area contributed by atoms with Crippen LogP contribution in [0, 0.1) is 6.92 Å². The van der Waals surface area contributed by atoms with E-state index in [4.69, 9.17) is 4.98 Å². The second-order valence-corrected chi connectivity index (χ2v) is 7.20. The Kier molecular flexibility index (Phi) is 3.93. The number of hydrogen-bond acceptors (Lipinski definition) is 4. The second kappa shape index (κ2) is 6.07. The first-order chi connectivity index (χ1) is 11.2. The molecule has 1 saturated carbocycles. The van der Waals surface area contributed by atoms with Gasteiger partial charge in [0.2, 0.25) is 0 Å². The van der Waals surface area contributed by atoms with Gasteiger partial charge in [-0.15, -0.1) is 11.3 Å². The third kappa shape index (κ3) is 3.04. The minimum atomic E-state index is -0.481. The lowest BCUT2D eigenvalue weighted by molar-refractivity contribution is 0.174. The lowest BCUT2D eigenvalue weighted by Crippen LogP contribution is -2.22. The van der Waals surface area contributed by atoms with Gasteiger partial charge in [0.25, 0.3) is 0 Å². The van der Waals surface area contributed by atoms with Crippen molar-refractivity contribution in [3.05, 3.63) is 58.4 Å². The lowest BCUT2D eigenvalue weighted by Gasteiger charge is -2.13. The molecule has 4 rings (SSSR count). The van der Waals surface area contributed by atoms with E-state index >= 15 is 0 Å². The van der Waals surface area contributed by atoms with Gasteiger partial charge in [0.05, 0.1) is 17.5 Å². The summed E-state index contributed by atoms with van der Waals surface area (Å²) in [5.41, 5.74) is 4.66. The summed E-state index contributed by atoms with van der Waals surface area (Å²) in [4.78, 5) is 5.85. The van der Waals surface area contributed by atoms with E-state index in [1.807, 2.05) is 24.3 Å². The van der Waals surface area contributed by atoms with Crippen molar-refractivity contribution in [2.75, 3.05) is 6.54 Å². The van der Waals surface area contributed by atoms with Crippen LogP contribution in [0.2, 0.25) is 0 Å². The number of hydrogen-bond donors (Lipinski definition) is 2. The Morgan fingerprint density at radius 1 is 1.35 bits per heavy atom. The Balaban J connectivity index is 1.43. The van der Waals surface area contributed by atoms with Crippen LogP contribution >= 0.6 is 11.3 Å². The smallest absolute Gasteiger partial charge is 0.194 e. The molecule has 4 nitrogen and oxygen atoms in total. The average molecular weight is 327 g/mol. The molecule has 0 amide bonds. The summed E-state index contributed by atoms with van der Waals surface area (Å²) < 4.78 is 2.18. The third-order valence-electron chi connectivity index (χ3n) is 4.45. The minimum absolute atomic E-state index is 0.481. The standard InChI is InChI=1S/C18H21N3OS/c1-12-2-4-13(5-3-12)16(22)11-19-10-15-17(14-6-7-14)20-18-21(15)8-9-23-18/h2-5,8-9,14,16,19,22H,6-7,10-11H2,1H3. The number of benzene rings is 1. The van der Waals surface area contributed by atoms with E-state index in [0.29, 0.717) is 12.5 Å². The molecular formula is C18H21N3OS. The molecule has 2 aromatic heterocycles. The predicted molar refractivity (Wildman–Crippen MR) is 92.9 cm³/mol. The second-order valence-electron chi connectivity index (χ2n) is 6.33. The predicted octanol–water partition coefficient (Wildman–Crippen LogP) is 3.40.